The second-order valence-electron chi connectivity index (χ2n) is 5.87. The molecule has 27 heavy (non-hydrogen) atoms. The number of aromatic nitrogens is 3. The third kappa shape index (κ3) is 4.38. The lowest BCUT2D eigenvalue weighted by Gasteiger charge is -2.12. The van der Waals surface area contributed by atoms with Gasteiger partial charge in [-0.3, -0.25) is 9.78 Å². The molecule has 0 aliphatic carbocycles. The monoisotopic (exact) mass is 420 g/mol. The van der Waals surface area contributed by atoms with Crippen LogP contribution < -0.4 is 5.32 Å². The van der Waals surface area contributed by atoms with Crippen LogP contribution in [0.15, 0.2) is 36.5 Å². The highest BCUT2D eigenvalue weighted by Crippen LogP contribution is 2.29. The van der Waals surface area contributed by atoms with Crippen LogP contribution in [-0.4, -0.2) is 20.9 Å². The van der Waals surface area contributed by atoms with Crippen molar-refractivity contribution < 1.29 is 4.79 Å². The topological polar surface area (TPSA) is 67.8 Å². The molecule has 0 saturated carbocycles. The number of halogens is 3. The first-order valence-electron chi connectivity index (χ1n) is 8.02. The lowest BCUT2D eigenvalue weighted by Crippen LogP contribution is -2.18. The Morgan fingerprint density at radius 1 is 1.11 bits per heavy atom. The zero-order chi connectivity index (χ0) is 19.6. The molecule has 0 radical (unpaired) electrons. The Bertz CT molecular complexity index is 1000. The Kier molecular flexibility index (Phi) is 5.95. The van der Waals surface area contributed by atoms with E-state index < -0.39 is 5.91 Å². The molecule has 0 unspecified atom stereocenters. The van der Waals surface area contributed by atoms with Gasteiger partial charge in [-0.15, -0.1) is 11.6 Å². The molecule has 2 aromatic heterocycles. The summed E-state index contributed by atoms with van der Waals surface area (Å²) in [4.78, 5) is 25.4. The Morgan fingerprint density at radius 2 is 1.89 bits per heavy atom. The van der Waals surface area contributed by atoms with Crippen LogP contribution in [0.1, 0.15) is 27.6 Å². The van der Waals surface area contributed by atoms with E-state index in [1.54, 1.807) is 24.3 Å². The summed E-state index contributed by atoms with van der Waals surface area (Å²) in [6.07, 6.45) is 1.50. The van der Waals surface area contributed by atoms with E-state index in [1.807, 2.05) is 19.9 Å². The van der Waals surface area contributed by atoms with Crippen molar-refractivity contribution in [2.45, 2.75) is 19.7 Å². The van der Waals surface area contributed by atoms with E-state index in [0.717, 1.165) is 11.3 Å². The van der Waals surface area contributed by atoms with E-state index in [2.05, 4.69) is 20.3 Å². The summed E-state index contributed by atoms with van der Waals surface area (Å²) in [5.74, 6) is -0.119. The molecule has 0 fully saturated rings. The first kappa shape index (κ1) is 19.5. The van der Waals surface area contributed by atoms with Crippen molar-refractivity contribution >= 4 is 46.4 Å². The minimum absolute atomic E-state index is 0.0174. The van der Waals surface area contributed by atoms with Crippen molar-refractivity contribution in [3.63, 3.8) is 0 Å². The Morgan fingerprint density at radius 3 is 2.59 bits per heavy atom. The number of benzene rings is 1. The number of carbonyl (C=O) groups is 1. The summed E-state index contributed by atoms with van der Waals surface area (Å²) in [5.41, 5.74) is 4.03. The average Bonchev–Trinajstić information content (AvgIpc) is 2.66. The molecule has 1 amide bonds. The third-order valence-electron chi connectivity index (χ3n) is 3.89. The first-order chi connectivity index (χ1) is 12.9. The van der Waals surface area contributed by atoms with E-state index in [9.17, 15) is 4.79 Å². The fraction of sp³-hybridized carbons (Fsp3) is 0.158. The fourth-order valence-corrected chi connectivity index (χ4v) is 3.17. The van der Waals surface area contributed by atoms with Gasteiger partial charge in [-0.25, -0.2) is 9.97 Å². The summed E-state index contributed by atoms with van der Waals surface area (Å²) in [6, 6.07) is 8.56. The summed E-state index contributed by atoms with van der Waals surface area (Å²) in [6.45, 7) is 3.69. The van der Waals surface area contributed by atoms with Crippen molar-refractivity contribution in [1.82, 2.24) is 15.0 Å². The second-order valence-corrected chi connectivity index (χ2v) is 6.98. The molecular weight excluding hydrogens is 407 g/mol. The van der Waals surface area contributed by atoms with E-state index >= 15 is 0 Å². The minimum atomic E-state index is -0.443. The predicted molar refractivity (Wildman–Crippen MR) is 109 cm³/mol. The largest absolute Gasteiger partial charge is 0.317 e. The number of aryl methyl sites for hydroxylation is 2. The number of hydrogen-bond acceptors (Lipinski definition) is 4. The lowest BCUT2D eigenvalue weighted by molar-refractivity contribution is 0.101. The number of hydrogen-bond donors (Lipinski definition) is 1. The highest BCUT2D eigenvalue weighted by Gasteiger charge is 2.16. The van der Waals surface area contributed by atoms with Gasteiger partial charge in [-0.2, -0.15) is 0 Å². The Hall–Kier alpha value is -2.21. The fourth-order valence-electron chi connectivity index (χ4n) is 2.65. The first-order valence-corrected chi connectivity index (χ1v) is 9.31. The number of nitrogens with zero attached hydrogens (tertiary/aromatic N) is 3. The third-order valence-corrected chi connectivity index (χ3v) is 4.73. The van der Waals surface area contributed by atoms with Crippen LogP contribution in [0.4, 0.5) is 5.69 Å². The summed E-state index contributed by atoms with van der Waals surface area (Å²) in [7, 11) is 0. The molecule has 0 bridgehead atoms. The molecule has 2 heterocycles. The normalized spacial score (nSPS) is 10.7. The zero-order valence-electron chi connectivity index (χ0n) is 14.6. The van der Waals surface area contributed by atoms with Crippen molar-refractivity contribution in [2.75, 3.05) is 5.32 Å². The number of pyridine rings is 1. The van der Waals surface area contributed by atoms with Crippen LogP contribution >= 0.6 is 34.8 Å². The zero-order valence-corrected chi connectivity index (χ0v) is 16.8. The van der Waals surface area contributed by atoms with Gasteiger partial charge in [0.1, 0.15) is 0 Å². The standard InChI is InChI=1S/C19H15Cl3N4O/c1-10-7-13(9-20)24-11(2)17(10)26-19(27)18-23-6-5-16(25-18)14-8-12(21)3-4-15(14)22/h3-8H,9H2,1-2H3,(H,26,27). The van der Waals surface area contributed by atoms with Gasteiger partial charge >= 0.3 is 0 Å². The molecule has 1 N–H and O–H groups in total. The maximum atomic E-state index is 12.7. The number of anilines is 1. The molecular formula is C19H15Cl3N4O. The number of carbonyl (C=O) groups excluding carboxylic acids is 1. The van der Waals surface area contributed by atoms with Crippen molar-refractivity contribution in [3.05, 3.63) is 69.3 Å². The van der Waals surface area contributed by atoms with E-state index in [-0.39, 0.29) is 5.82 Å². The molecule has 0 aliphatic rings. The molecule has 0 saturated heterocycles. The van der Waals surface area contributed by atoms with Crippen molar-refractivity contribution in [2.24, 2.45) is 0 Å². The van der Waals surface area contributed by atoms with Crippen molar-refractivity contribution in [3.8, 4) is 11.3 Å². The van der Waals surface area contributed by atoms with Gasteiger partial charge in [-0.1, -0.05) is 23.2 Å². The summed E-state index contributed by atoms with van der Waals surface area (Å²) < 4.78 is 0. The maximum Gasteiger partial charge on any atom is 0.293 e. The van der Waals surface area contributed by atoms with Crippen LogP contribution in [0.2, 0.25) is 10.0 Å². The van der Waals surface area contributed by atoms with Gasteiger partial charge < -0.3 is 5.32 Å². The van der Waals surface area contributed by atoms with Crippen LogP contribution in [0, 0.1) is 13.8 Å². The highest BCUT2D eigenvalue weighted by molar-refractivity contribution is 6.35. The van der Waals surface area contributed by atoms with Crippen LogP contribution in [-0.2, 0) is 5.88 Å². The molecule has 8 heteroatoms. The maximum absolute atomic E-state index is 12.7. The molecule has 0 atom stereocenters. The van der Waals surface area contributed by atoms with Gasteiger partial charge in [0.15, 0.2) is 0 Å². The van der Waals surface area contributed by atoms with E-state index in [0.29, 0.717) is 38.6 Å². The van der Waals surface area contributed by atoms with Crippen LogP contribution in [0.25, 0.3) is 11.3 Å². The molecule has 138 valence electrons. The van der Waals surface area contributed by atoms with Gasteiger partial charge in [0.2, 0.25) is 5.82 Å². The molecule has 3 aromatic rings. The van der Waals surface area contributed by atoms with Gasteiger partial charge in [0, 0.05) is 16.8 Å². The molecule has 0 spiro atoms. The second kappa shape index (κ2) is 8.21. The number of rotatable bonds is 4. The van der Waals surface area contributed by atoms with Crippen LogP contribution in [0.5, 0.6) is 0 Å². The molecule has 5 nitrogen and oxygen atoms in total. The lowest BCUT2D eigenvalue weighted by atomic mass is 10.1. The molecule has 1 aromatic carbocycles. The smallest absolute Gasteiger partial charge is 0.293 e. The number of amides is 1. The highest BCUT2D eigenvalue weighted by atomic mass is 35.5. The van der Waals surface area contributed by atoms with E-state index in [4.69, 9.17) is 34.8 Å². The predicted octanol–water partition coefficient (Wildman–Crippen LogP) is 5.45. The molecule has 0 aliphatic heterocycles. The number of nitrogens with one attached hydrogen (secondary N) is 1. The quantitative estimate of drug-likeness (QED) is 0.568. The van der Waals surface area contributed by atoms with Crippen LogP contribution in [0.3, 0.4) is 0 Å². The average molecular weight is 422 g/mol. The summed E-state index contributed by atoms with van der Waals surface area (Å²) in [5, 5.41) is 3.83. The Labute approximate surface area is 171 Å². The molecule has 3 rings (SSSR count). The van der Waals surface area contributed by atoms with Gasteiger partial charge in [-0.05, 0) is 49.7 Å². The minimum Gasteiger partial charge on any atom is -0.317 e. The van der Waals surface area contributed by atoms with Crippen molar-refractivity contribution in [1.29, 1.82) is 0 Å². The SMILES string of the molecule is Cc1cc(CCl)nc(C)c1NC(=O)c1nccc(-c2cc(Cl)ccc2Cl)n1. The van der Waals surface area contributed by atoms with Gasteiger partial charge in [0.25, 0.3) is 5.91 Å². The summed E-state index contributed by atoms with van der Waals surface area (Å²) >= 11 is 18.1. The van der Waals surface area contributed by atoms with E-state index in [1.165, 1.54) is 6.20 Å². The van der Waals surface area contributed by atoms with Gasteiger partial charge in [0.05, 0.1) is 33.7 Å². The Balaban J connectivity index is 1.92. The number of alkyl halides is 1.